The summed E-state index contributed by atoms with van der Waals surface area (Å²) in [6, 6.07) is 6.40. The van der Waals surface area contributed by atoms with Gasteiger partial charge < -0.3 is 16.4 Å². The average Bonchev–Trinajstić information content (AvgIpc) is 2.23. The van der Waals surface area contributed by atoms with Gasteiger partial charge in [-0.05, 0) is 17.7 Å². The lowest BCUT2D eigenvalue weighted by Gasteiger charge is -2.27. The zero-order valence-electron chi connectivity index (χ0n) is 10.1. The van der Waals surface area contributed by atoms with E-state index < -0.39 is 11.9 Å². The molecule has 1 unspecified atom stereocenters. The molecule has 0 bridgehead atoms. The third-order valence-corrected chi connectivity index (χ3v) is 3.40. The molecule has 1 heterocycles. The van der Waals surface area contributed by atoms with E-state index in [9.17, 15) is 9.59 Å². The van der Waals surface area contributed by atoms with Crippen molar-refractivity contribution in [2.75, 3.05) is 13.1 Å². The standard InChI is InChI=1S/C12H14BrN3O2.ClH/c13-9-3-1-2-7(4-9)10(11(14)17)16-12(18)8-5-15-6-8;/h1-4,8,10,15H,5-6H2,(H2,14,17)(H,16,18);1H. The van der Waals surface area contributed by atoms with Gasteiger partial charge in [0.15, 0.2) is 0 Å². The van der Waals surface area contributed by atoms with Crippen LogP contribution < -0.4 is 16.4 Å². The van der Waals surface area contributed by atoms with E-state index in [4.69, 9.17) is 5.73 Å². The molecule has 0 aliphatic carbocycles. The Balaban J connectivity index is 0.00000180. The number of carbonyl (C=O) groups excluding carboxylic acids is 2. The van der Waals surface area contributed by atoms with Crippen LogP contribution in [0.5, 0.6) is 0 Å². The summed E-state index contributed by atoms with van der Waals surface area (Å²) in [7, 11) is 0. The highest BCUT2D eigenvalue weighted by Gasteiger charge is 2.29. The van der Waals surface area contributed by atoms with Crippen LogP contribution in [0, 0.1) is 5.92 Å². The van der Waals surface area contributed by atoms with Crippen LogP contribution in [0.15, 0.2) is 28.7 Å². The highest BCUT2D eigenvalue weighted by atomic mass is 79.9. The van der Waals surface area contributed by atoms with Crippen LogP contribution in [0.2, 0.25) is 0 Å². The first-order valence-corrected chi connectivity index (χ1v) is 6.43. The van der Waals surface area contributed by atoms with E-state index in [1.807, 2.05) is 6.07 Å². The zero-order valence-corrected chi connectivity index (χ0v) is 12.5. The van der Waals surface area contributed by atoms with Crippen molar-refractivity contribution < 1.29 is 9.59 Å². The quantitative estimate of drug-likeness (QED) is 0.750. The van der Waals surface area contributed by atoms with Crippen LogP contribution in [0.1, 0.15) is 11.6 Å². The lowest BCUT2D eigenvalue weighted by Crippen LogP contribution is -2.52. The summed E-state index contributed by atoms with van der Waals surface area (Å²) >= 11 is 3.32. The monoisotopic (exact) mass is 347 g/mol. The molecule has 1 aliphatic heterocycles. The lowest BCUT2D eigenvalue weighted by molar-refractivity contribution is -0.131. The predicted molar refractivity (Wildman–Crippen MR) is 77.8 cm³/mol. The second-order valence-corrected chi connectivity index (χ2v) is 5.17. The van der Waals surface area contributed by atoms with Crippen molar-refractivity contribution in [3.63, 3.8) is 0 Å². The molecule has 1 aliphatic rings. The Kier molecular flexibility index (Phi) is 5.78. The molecule has 2 rings (SSSR count). The predicted octanol–water partition coefficient (Wildman–Crippen LogP) is 0.733. The van der Waals surface area contributed by atoms with E-state index in [1.165, 1.54) is 0 Å². The number of hydrogen-bond donors (Lipinski definition) is 3. The Morgan fingerprint density at radius 1 is 1.42 bits per heavy atom. The maximum absolute atomic E-state index is 11.8. The molecule has 1 saturated heterocycles. The lowest BCUT2D eigenvalue weighted by atomic mass is 10.0. The Bertz CT molecular complexity index is 480. The summed E-state index contributed by atoms with van der Waals surface area (Å²) in [5.41, 5.74) is 6.02. The molecular formula is C12H15BrClN3O2. The maximum atomic E-state index is 11.8. The molecule has 2 amide bonds. The van der Waals surface area contributed by atoms with Crippen LogP contribution in [0.25, 0.3) is 0 Å². The second-order valence-electron chi connectivity index (χ2n) is 4.25. The molecule has 104 valence electrons. The Morgan fingerprint density at radius 2 is 2.11 bits per heavy atom. The van der Waals surface area contributed by atoms with Crippen LogP contribution in [-0.2, 0) is 9.59 Å². The maximum Gasteiger partial charge on any atom is 0.244 e. The topological polar surface area (TPSA) is 84.2 Å². The highest BCUT2D eigenvalue weighted by molar-refractivity contribution is 9.10. The fourth-order valence-corrected chi connectivity index (χ4v) is 2.16. The first-order valence-electron chi connectivity index (χ1n) is 5.64. The van der Waals surface area contributed by atoms with E-state index in [2.05, 4.69) is 26.6 Å². The molecule has 0 spiro atoms. The largest absolute Gasteiger partial charge is 0.368 e. The first kappa shape index (κ1) is 15.9. The number of halogens is 2. The Hall–Kier alpha value is -1.11. The fraction of sp³-hybridized carbons (Fsp3) is 0.333. The van der Waals surface area contributed by atoms with Gasteiger partial charge in [0.05, 0.1) is 5.92 Å². The van der Waals surface area contributed by atoms with E-state index in [0.717, 1.165) is 4.47 Å². The molecule has 0 radical (unpaired) electrons. The molecule has 4 N–H and O–H groups in total. The van der Waals surface area contributed by atoms with Crippen molar-refractivity contribution in [3.05, 3.63) is 34.3 Å². The van der Waals surface area contributed by atoms with Gasteiger partial charge in [-0.15, -0.1) is 12.4 Å². The number of primary amides is 1. The second kappa shape index (κ2) is 6.88. The number of amides is 2. The molecule has 5 nitrogen and oxygen atoms in total. The molecule has 1 fully saturated rings. The SMILES string of the molecule is Cl.NC(=O)C(NC(=O)C1CNC1)c1cccc(Br)c1. The summed E-state index contributed by atoms with van der Waals surface area (Å²) in [5, 5.41) is 5.70. The van der Waals surface area contributed by atoms with Crippen LogP contribution >= 0.6 is 28.3 Å². The van der Waals surface area contributed by atoms with E-state index in [0.29, 0.717) is 18.7 Å². The van der Waals surface area contributed by atoms with Gasteiger partial charge in [-0.25, -0.2) is 0 Å². The van der Waals surface area contributed by atoms with E-state index in [1.54, 1.807) is 18.2 Å². The van der Waals surface area contributed by atoms with Gasteiger partial charge in [0.1, 0.15) is 6.04 Å². The minimum atomic E-state index is -0.782. The van der Waals surface area contributed by atoms with Crippen molar-refractivity contribution in [3.8, 4) is 0 Å². The van der Waals surface area contributed by atoms with Gasteiger partial charge in [0, 0.05) is 17.6 Å². The first-order chi connectivity index (χ1) is 8.58. The molecule has 1 aromatic carbocycles. The fourth-order valence-electron chi connectivity index (χ4n) is 1.74. The van der Waals surface area contributed by atoms with Gasteiger partial charge >= 0.3 is 0 Å². The number of nitrogens with one attached hydrogen (secondary N) is 2. The molecule has 7 heteroatoms. The third-order valence-electron chi connectivity index (χ3n) is 2.91. The van der Waals surface area contributed by atoms with E-state index in [-0.39, 0.29) is 24.2 Å². The van der Waals surface area contributed by atoms with Crippen molar-refractivity contribution in [2.24, 2.45) is 11.7 Å². The smallest absolute Gasteiger partial charge is 0.244 e. The van der Waals surface area contributed by atoms with Crippen molar-refractivity contribution in [1.29, 1.82) is 0 Å². The third kappa shape index (κ3) is 3.92. The van der Waals surface area contributed by atoms with Crippen molar-refractivity contribution >= 4 is 40.2 Å². The number of hydrogen-bond acceptors (Lipinski definition) is 3. The summed E-state index contributed by atoms with van der Waals surface area (Å²) < 4.78 is 0.839. The minimum Gasteiger partial charge on any atom is -0.368 e. The molecule has 0 saturated carbocycles. The molecule has 1 atom stereocenters. The number of nitrogens with two attached hydrogens (primary N) is 1. The molecule has 19 heavy (non-hydrogen) atoms. The highest BCUT2D eigenvalue weighted by Crippen LogP contribution is 2.19. The summed E-state index contributed by atoms with van der Waals surface area (Å²) in [6.45, 7) is 1.30. The van der Waals surface area contributed by atoms with Gasteiger partial charge in [0.2, 0.25) is 11.8 Å². The Labute approximate surface area is 125 Å². The van der Waals surface area contributed by atoms with Crippen LogP contribution in [0.4, 0.5) is 0 Å². The van der Waals surface area contributed by atoms with Gasteiger partial charge in [-0.3, -0.25) is 9.59 Å². The van der Waals surface area contributed by atoms with Crippen molar-refractivity contribution in [2.45, 2.75) is 6.04 Å². The zero-order chi connectivity index (χ0) is 13.1. The number of carbonyl (C=O) groups is 2. The summed E-state index contributed by atoms with van der Waals surface area (Å²) in [5.74, 6) is -0.773. The normalized spacial score (nSPS) is 15.8. The average molecular weight is 349 g/mol. The van der Waals surface area contributed by atoms with Gasteiger partial charge in [0.25, 0.3) is 0 Å². The van der Waals surface area contributed by atoms with E-state index >= 15 is 0 Å². The van der Waals surface area contributed by atoms with Crippen LogP contribution in [-0.4, -0.2) is 24.9 Å². The summed E-state index contributed by atoms with van der Waals surface area (Å²) in [6.07, 6.45) is 0. The summed E-state index contributed by atoms with van der Waals surface area (Å²) in [4.78, 5) is 23.3. The van der Waals surface area contributed by atoms with Gasteiger partial charge in [-0.2, -0.15) is 0 Å². The molecule has 1 aromatic rings. The minimum absolute atomic E-state index is 0. The Morgan fingerprint density at radius 3 is 2.58 bits per heavy atom. The van der Waals surface area contributed by atoms with Crippen molar-refractivity contribution in [1.82, 2.24) is 10.6 Å². The number of benzene rings is 1. The number of rotatable bonds is 4. The molecular weight excluding hydrogens is 334 g/mol. The van der Waals surface area contributed by atoms with Crippen LogP contribution in [0.3, 0.4) is 0 Å². The molecule has 0 aromatic heterocycles. The van der Waals surface area contributed by atoms with Gasteiger partial charge in [-0.1, -0.05) is 28.1 Å².